The first-order valence-electron chi connectivity index (χ1n) is 9.74. The molecule has 1 amide bonds. The summed E-state index contributed by atoms with van der Waals surface area (Å²) in [7, 11) is 0. The largest absolute Gasteiger partial charge is 0.367 e. The van der Waals surface area contributed by atoms with Crippen LogP contribution in [0.2, 0.25) is 0 Å². The molecule has 0 unspecified atom stereocenters. The van der Waals surface area contributed by atoms with Gasteiger partial charge in [-0.1, -0.05) is 60.4 Å². The maximum atomic E-state index is 12.9. The summed E-state index contributed by atoms with van der Waals surface area (Å²) in [4.78, 5) is 27.7. The van der Waals surface area contributed by atoms with Crippen LogP contribution in [0.15, 0.2) is 52.7 Å². The average Bonchev–Trinajstić information content (AvgIpc) is 3.03. The van der Waals surface area contributed by atoms with Crippen molar-refractivity contribution in [3.63, 3.8) is 0 Å². The molecule has 1 fully saturated rings. The fourth-order valence-corrected chi connectivity index (χ4v) is 4.61. The van der Waals surface area contributed by atoms with Crippen LogP contribution >= 0.6 is 24.0 Å². The molecule has 158 valence electrons. The number of pyridine rings is 1. The SMILES string of the molecule is C=CCN1C(=O)/C(=C\c2c(C)c(C#N)c(=O)n(CC)c2NCc2ccccc2)SC1=S. The molecule has 1 aromatic carbocycles. The van der Waals surface area contributed by atoms with Gasteiger partial charge in [-0.25, -0.2) is 0 Å². The lowest BCUT2D eigenvalue weighted by atomic mass is 10.0. The average molecular weight is 451 g/mol. The molecule has 2 heterocycles. The Balaban J connectivity index is 2.15. The summed E-state index contributed by atoms with van der Waals surface area (Å²) in [6, 6.07) is 11.8. The van der Waals surface area contributed by atoms with Crippen molar-refractivity contribution < 1.29 is 4.79 Å². The predicted octanol–water partition coefficient (Wildman–Crippen LogP) is 4.05. The van der Waals surface area contributed by atoms with Gasteiger partial charge in [-0.2, -0.15) is 5.26 Å². The quantitative estimate of drug-likeness (QED) is 0.390. The van der Waals surface area contributed by atoms with E-state index in [1.54, 1.807) is 19.1 Å². The fraction of sp³-hybridized carbons (Fsp3) is 0.217. The Labute approximate surface area is 190 Å². The highest BCUT2D eigenvalue weighted by Gasteiger charge is 2.32. The number of benzene rings is 1. The van der Waals surface area contributed by atoms with Crippen molar-refractivity contribution in [2.75, 3.05) is 11.9 Å². The first kappa shape index (κ1) is 22.5. The molecule has 8 heteroatoms. The molecule has 1 saturated heterocycles. The third kappa shape index (κ3) is 4.48. The second-order valence-electron chi connectivity index (χ2n) is 6.84. The van der Waals surface area contributed by atoms with Crippen LogP contribution in [0.3, 0.4) is 0 Å². The van der Waals surface area contributed by atoms with E-state index in [4.69, 9.17) is 12.2 Å². The number of amides is 1. The number of hydrogen-bond acceptors (Lipinski definition) is 6. The van der Waals surface area contributed by atoms with Gasteiger partial charge in [-0.05, 0) is 31.1 Å². The van der Waals surface area contributed by atoms with Crippen molar-refractivity contribution in [3.05, 3.63) is 80.5 Å². The van der Waals surface area contributed by atoms with Crippen molar-refractivity contribution in [2.45, 2.75) is 26.9 Å². The Hall–Kier alpha value is -3.15. The zero-order valence-electron chi connectivity index (χ0n) is 17.3. The lowest BCUT2D eigenvalue weighted by molar-refractivity contribution is -0.121. The van der Waals surface area contributed by atoms with Gasteiger partial charge in [0.2, 0.25) is 0 Å². The smallest absolute Gasteiger partial charge is 0.270 e. The van der Waals surface area contributed by atoms with Crippen molar-refractivity contribution >= 4 is 46.1 Å². The van der Waals surface area contributed by atoms with E-state index in [0.29, 0.717) is 45.8 Å². The van der Waals surface area contributed by atoms with Gasteiger partial charge in [0.1, 0.15) is 21.8 Å². The molecular weight excluding hydrogens is 428 g/mol. The number of nitriles is 1. The number of anilines is 1. The zero-order chi connectivity index (χ0) is 22.5. The Morgan fingerprint density at radius 3 is 2.61 bits per heavy atom. The van der Waals surface area contributed by atoms with Crippen molar-refractivity contribution in [3.8, 4) is 6.07 Å². The molecule has 1 aromatic heterocycles. The highest BCUT2D eigenvalue weighted by atomic mass is 32.2. The summed E-state index contributed by atoms with van der Waals surface area (Å²) in [6.07, 6.45) is 3.34. The van der Waals surface area contributed by atoms with E-state index in [9.17, 15) is 14.9 Å². The third-order valence-electron chi connectivity index (χ3n) is 4.95. The maximum Gasteiger partial charge on any atom is 0.270 e. The van der Waals surface area contributed by atoms with E-state index in [0.717, 1.165) is 5.56 Å². The lowest BCUT2D eigenvalue weighted by Crippen LogP contribution is -2.28. The van der Waals surface area contributed by atoms with Gasteiger partial charge in [0.15, 0.2) is 0 Å². The molecule has 0 radical (unpaired) electrons. The van der Waals surface area contributed by atoms with Crippen LogP contribution in [0, 0.1) is 18.3 Å². The number of nitrogens with one attached hydrogen (secondary N) is 1. The Kier molecular flexibility index (Phi) is 7.10. The molecule has 31 heavy (non-hydrogen) atoms. The Morgan fingerprint density at radius 1 is 1.29 bits per heavy atom. The number of hydrogen-bond donors (Lipinski definition) is 1. The van der Waals surface area contributed by atoms with Crippen LogP contribution in [0.1, 0.15) is 29.2 Å². The van der Waals surface area contributed by atoms with E-state index in [1.165, 1.54) is 21.2 Å². The fourth-order valence-electron chi connectivity index (χ4n) is 3.35. The summed E-state index contributed by atoms with van der Waals surface area (Å²) in [5, 5.41) is 12.9. The van der Waals surface area contributed by atoms with Crippen LogP contribution in [-0.2, 0) is 17.9 Å². The van der Waals surface area contributed by atoms with Gasteiger partial charge < -0.3 is 5.32 Å². The van der Waals surface area contributed by atoms with Gasteiger partial charge in [-0.3, -0.25) is 19.1 Å². The molecule has 6 nitrogen and oxygen atoms in total. The van der Waals surface area contributed by atoms with Gasteiger partial charge in [0.25, 0.3) is 11.5 Å². The lowest BCUT2D eigenvalue weighted by Gasteiger charge is -2.19. The Bertz CT molecular complexity index is 1180. The molecule has 2 aromatic rings. The molecule has 0 aliphatic carbocycles. The van der Waals surface area contributed by atoms with Crippen LogP contribution in [0.4, 0.5) is 5.82 Å². The van der Waals surface area contributed by atoms with Gasteiger partial charge in [-0.15, -0.1) is 6.58 Å². The van der Waals surface area contributed by atoms with Gasteiger partial charge in [0.05, 0.1) is 4.91 Å². The summed E-state index contributed by atoms with van der Waals surface area (Å²) in [5.74, 6) is 0.359. The van der Waals surface area contributed by atoms with E-state index in [2.05, 4.69) is 11.9 Å². The second kappa shape index (κ2) is 9.77. The molecule has 0 spiro atoms. The monoisotopic (exact) mass is 450 g/mol. The molecule has 1 aliphatic heterocycles. The molecule has 3 rings (SSSR count). The predicted molar refractivity (Wildman–Crippen MR) is 130 cm³/mol. The molecule has 1 N–H and O–H groups in total. The zero-order valence-corrected chi connectivity index (χ0v) is 19.0. The van der Waals surface area contributed by atoms with Crippen molar-refractivity contribution in [2.24, 2.45) is 0 Å². The first-order chi connectivity index (χ1) is 14.9. The van der Waals surface area contributed by atoms with Crippen LogP contribution < -0.4 is 10.9 Å². The summed E-state index contributed by atoms with van der Waals surface area (Å²) >= 11 is 6.53. The van der Waals surface area contributed by atoms with Crippen LogP contribution in [-0.4, -0.2) is 26.2 Å². The van der Waals surface area contributed by atoms with Crippen molar-refractivity contribution in [1.82, 2.24) is 9.47 Å². The number of carbonyl (C=O) groups is 1. The van der Waals surface area contributed by atoms with Crippen LogP contribution in [0.5, 0.6) is 0 Å². The number of carbonyl (C=O) groups excluding carboxylic acids is 1. The van der Waals surface area contributed by atoms with Gasteiger partial charge in [0, 0.05) is 25.2 Å². The maximum absolute atomic E-state index is 12.9. The molecule has 0 atom stereocenters. The standard InChI is InChI=1S/C23H22N4O2S2/c1-4-11-27-22(29)19(31-23(27)30)12-17-15(3)18(13-24)21(28)26(5-2)20(17)25-14-16-9-7-6-8-10-16/h4,6-10,12,25H,1,5,11,14H2,2-3H3/b19-12+. The minimum absolute atomic E-state index is 0.0694. The minimum atomic E-state index is -0.352. The molecule has 0 bridgehead atoms. The molecular formula is C23H22N4O2S2. The summed E-state index contributed by atoms with van der Waals surface area (Å²) in [5.41, 5.74) is 1.92. The number of nitrogens with zero attached hydrogens (tertiary/aromatic N) is 3. The van der Waals surface area contributed by atoms with Crippen molar-refractivity contribution in [1.29, 1.82) is 5.26 Å². The molecule has 0 saturated carbocycles. The number of thioether (sulfide) groups is 1. The number of rotatable bonds is 7. The number of thiocarbonyl (C=S) groups is 1. The van der Waals surface area contributed by atoms with E-state index in [-0.39, 0.29) is 17.0 Å². The normalized spacial score (nSPS) is 14.7. The van der Waals surface area contributed by atoms with E-state index >= 15 is 0 Å². The Morgan fingerprint density at radius 2 is 2.00 bits per heavy atom. The van der Waals surface area contributed by atoms with E-state index < -0.39 is 0 Å². The van der Waals surface area contributed by atoms with E-state index in [1.807, 2.05) is 43.3 Å². The van der Waals surface area contributed by atoms with Gasteiger partial charge >= 0.3 is 0 Å². The molecule has 1 aliphatic rings. The van der Waals surface area contributed by atoms with Crippen LogP contribution in [0.25, 0.3) is 6.08 Å². The third-order valence-corrected chi connectivity index (χ3v) is 6.33. The topological polar surface area (TPSA) is 78.1 Å². The number of aromatic nitrogens is 1. The highest BCUT2D eigenvalue weighted by Crippen LogP contribution is 2.35. The first-order valence-corrected chi connectivity index (χ1v) is 11.0. The summed E-state index contributed by atoms with van der Waals surface area (Å²) < 4.78 is 1.99. The highest BCUT2D eigenvalue weighted by molar-refractivity contribution is 8.26. The minimum Gasteiger partial charge on any atom is -0.367 e. The second-order valence-corrected chi connectivity index (χ2v) is 8.52. The summed E-state index contributed by atoms with van der Waals surface area (Å²) in [6.45, 7) is 8.44.